The van der Waals surface area contributed by atoms with Crippen molar-refractivity contribution in [3.8, 4) is 11.5 Å². The second kappa shape index (κ2) is 7.32. The molecule has 1 amide bonds. The summed E-state index contributed by atoms with van der Waals surface area (Å²) in [7, 11) is 1.57. The molecule has 0 spiro atoms. The van der Waals surface area contributed by atoms with Crippen molar-refractivity contribution < 1.29 is 24.5 Å². The second-order valence-corrected chi connectivity index (χ2v) is 5.09. The monoisotopic (exact) mass is 327 g/mol. The van der Waals surface area contributed by atoms with Crippen LogP contribution in [0, 0.1) is 6.92 Å². The number of ether oxygens (including phenoxy) is 1. The van der Waals surface area contributed by atoms with Gasteiger partial charge < -0.3 is 20.3 Å². The van der Waals surface area contributed by atoms with Crippen LogP contribution in [0.1, 0.15) is 21.5 Å². The number of carbonyl (C=O) groups is 2. The minimum Gasteiger partial charge on any atom is -0.507 e. The molecule has 0 saturated heterocycles. The van der Waals surface area contributed by atoms with E-state index in [2.05, 4.69) is 5.32 Å². The Morgan fingerprint density at radius 2 is 1.83 bits per heavy atom. The molecule has 6 nitrogen and oxygen atoms in total. The van der Waals surface area contributed by atoms with E-state index in [-0.39, 0.29) is 11.3 Å². The van der Waals surface area contributed by atoms with Crippen molar-refractivity contribution >= 4 is 23.6 Å². The first kappa shape index (κ1) is 17.1. The molecule has 0 radical (unpaired) electrons. The summed E-state index contributed by atoms with van der Waals surface area (Å²) in [5.41, 5.74) is 1.22. The van der Waals surface area contributed by atoms with E-state index in [4.69, 9.17) is 9.84 Å². The predicted octanol–water partition coefficient (Wildman–Crippen LogP) is 3.06. The summed E-state index contributed by atoms with van der Waals surface area (Å²) in [4.78, 5) is 23.0. The van der Waals surface area contributed by atoms with Crippen molar-refractivity contribution in [2.45, 2.75) is 6.92 Å². The molecule has 0 aliphatic heterocycles. The van der Waals surface area contributed by atoms with Crippen molar-refractivity contribution in [3.63, 3.8) is 0 Å². The smallest absolute Gasteiger partial charge is 0.339 e. The first-order chi connectivity index (χ1) is 11.4. The largest absolute Gasteiger partial charge is 0.507 e. The van der Waals surface area contributed by atoms with Crippen LogP contribution in [0.5, 0.6) is 11.5 Å². The molecule has 2 aromatic rings. The van der Waals surface area contributed by atoms with Gasteiger partial charge in [0.05, 0.1) is 7.11 Å². The average Bonchev–Trinajstić information content (AvgIpc) is 2.56. The number of amides is 1. The van der Waals surface area contributed by atoms with Crippen LogP contribution in [0.25, 0.3) is 6.08 Å². The molecule has 24 heavy (non-hydrogen) atoms. The SMILES string of the molecule is COc1ccc(/C=C/C(=O)Nc2cc(C)c(O)c(C(=O)O)c2)cc1. The van der Waals surface area contributed by atoms with Crippen LogP contribution in [-0.4, -0.2) is 29.2 Å². The Morgan fingerprint density at radius 3 is 2.42 bits per heavy atom. The number of nitrogens with one attached hydrogen (secondary N) is 1. The van der Waals surface area contributed by atoms with Crippen LogP contribution in [0.3, 0.4) is 0 Å². The predicted molar refractivity (Wildman–Crippen MR) is 90.5 cm³/mol. The Morgan fingerprint density at radius 1 is 1.17 bits per heavy atom. The zero-order valence-electron chi connectivity index (χ0n) is 13.2. The molecular formula is C18H17NO5. The first-order valence-electron chi connectivity index (χ1n) is 7.10. The molecule has 0 unspecified atom stereocenters. The van der Waals surface area contributed by atoms with E-state index in [0.717, 1.165) is 11.3 Å². The lowest BCUT2D eigenvalue weighted by Crippen LogP contribution is -2.09. The number of carboxylic acids is 1. The normalized spacial score (nSPS) is 10.6. The Labute approximate surface area is 139 Å². The van der Waals surface area contributed by atoms with Crippen molar-refractivity contribution in [2.75, 3.05) is 12.4 Å². The quantitative estimate of drug-likeness (QED) is 0.579. The Hall–Kier alpha value is -3.28. The number of rotatable bonds is 5. The highest BCUT2D eigenvalue weighted by Crippen LogP contribution is 2.26. The number of anilines is 1. The Balaban J connectivity index is 2.11. The van der Waals surface area contributed by atoms with E-state index >= 15 is 0 Å². The van der Waals surface area contributed by atoms with Gasteiger partial charge in [0, 0.05) is 11.8 Å². The van der Waals surface area contributed by atoms with Gasteiger partial charge in [0.1, 0.15) is 17.1 Å². The fourth-order valence-corrected chi connectivity index (χ4v) is 2.09. The number of benzene rings is 2. The molecule has 0 aromatic heterocycles. The van der Waals surface area contributed by atoms with Gasteiger partial charge in [-0.3, -0.25) is 4.79 Å². The molecule has 0 aliphatic rings. The maximum absolute atomic E-state index is 12.0. The van der Waals surface area contributed by atoms with Crippen molar-refractivity contribution in [2.24, 2.45) is 0 Å². The molecule has 0 saturated carbocycles. The van der Waals surface area contributed by atoms with Crippen LogP contribution in [0.15, 0.2) is 42.5 Å². The summed E-state index contributed by atoms with van der Waals surface area (Å²) in [6.07, 6.45) is 2.96. The number of aryl methyl sites for hydroxylation is 1. The Kier molecular flexibility index (Phi) is 5.21. The number of carboxylic acid groups (broad SMARTS) is 1. The van der Waals surface area contributed by atoms with Crippen molar-refractivity contribution in [1.29, 1.82) is 0 Å². The highest BCUT2D eigenvalue weighted by Gasteiger charge is 2.14. The van der Waals surface area contributed by atoms with Crippen LogP contribution in [0.4, 0.5) is 5.69 Å². The molecule has 6 heteroatoms. The van der Waals surface area contributed by atoms with Crippen LogP contribution in [-0.2, 0) is 4.79 Å². The lowest BCUT2D eigenvalue weighted by molar-refractivity contribution is -0.111. The third-order valence-corrected chi connectivity index (χ3v) is 3.34. The van der Waals surface area contributed by atoms with Gasteiger partial charge in [-0.1, -0.05) is 12.1 Å². The number of carbonyl (C=O) groups excluding carboxylic acids is 1. The highest BCUT2D eigenvalue weighted by molar-refractivity contribution is 6.03. The topological polar surface area (TPSA) is 95.9 Å². The number of hydrogen-bond acceptors (Lipinski definition) is 4. The van der Waals surface area contributed by atoms with Crippen molar-refractivity contribution in [1.82, 2.24) is 0 Å². The van der Waals surface area contributed by atoms with Crippen LogP contribution in [0.2, 0.25) is 0 Å². The van der Waals surface area contributed by atoms with Gasteiger partial charge in [0.25, 0.3) is 0 Å². The van der Waals surface area contributed by atoms with E-state index in [1.165, 1.54) is 18.2 Å². The van der Waals surface area contributed by atoms with E-state index in [1.54, 1.807) is 44.4 Å². The number of aromatic hydroxyl groups is 1. The zero-order valence-corrected chi connectivity index (χ0v) is 13.2. The molecule has 0 atom stereocenters. The summed E-state index contributed by atoms with van der Waals surface area (Å²) >= 11 is 0. The van der Waals surface area contributed by atoms with Crippen LogP contribution >= 0.6 is 0 Å². The molecular weight excluding hydrogens is 310 g/mol. The highest BCUT2D eigenvalue weighted by atomic mass is 16.5. The van der Waals surface area contributed by atoms with E-state index in [1.807, 2.05) is 0 Å². The van der Waals surface area contributed by atoms with E-state index in [9.17, 15) is 14.7 Å². The minimum atomic E-state index is -1.26. The first-order valence-corrected chi connectivity index (χ1v) is 7.10. The molecule has 0 heterocycles. The van der Waals surface area contributed by atoms with E-state index < -0.39 is 11.9 Å². The maximum atomic E-state index is 12.0. The van der Waals surface area contributed by atoms with Gasteiger partial charge in [-0.05, 0) is 48.4 Å². The zero-order chi connectivity index (χ0) is 17.7. The van der Waals surface area contributed by atoms with Gasteiger partial charge in [0.15, 0.2) is 0 Å². The fraction of sp³-hybridized carbons (Fsp3) is 0.111. The van der Waals surface area contributed by atoms with Crippen molar-refractivity contribution in [3.05, 3.63) is 59.2 Å². The summed E-state index contributed by atoms with van der Waals surface area (Å²) < 4.78 is 5.05. The second-order valence-electron chi connectivity index (χ2n) is 5.09. The van der Waals surface area contributed by atoms with Gasteiger partial charge in [-0.2, -0.15) is 0 Å². The molecule has 3 N–H and O–H groups in total. The third kappa shape index (κ3) is 4.13. The Bertz CT molecular complexity index is 794. The van der Waals surface area contributed by atoms with Gasteiger partial charge in [-0.25, -0.2) is 4.79 Å². The number of hydrogen-bond donors (Lipinski definition) is 3. The standard InChI is InChI=1S/C18H17NO5/c1-11-9-13(10-15(17(11)21)18(22)23)19-16(20)8-5-12-3-6-14(24-2)7-4-12/h3-10,21H,1-2H3,(H,19,20)(H,22,23)/b8-5+. The minimum absolute atomic E-state index is 0.260. The molecule has 0 fully saturated rings. The maximum Gasteiger partial charge on any atom is 0.339 e. The van der Waals surface area contributed by atoms with Gasteiger partial charge in [-0.15, -0.1) is 0 Å². The number of aromatic carboxylic acids is 1. The fourth-order valence-electron chi connectivity index (χ4n) is 2.09. The third-order valence-electron chi connectivity index (χ3n) is 3.34. The van der Waals surface area contributed by atoms with Gasteiger partial charge in [0.2, 0.25) is 5.91 Å². The molecule has 124 valence electrons. The number of methoxy groups -OCH3 is 1. The lowest BCUT2D eigenvalue weighted by Gasteiger charge is -2.08. The summed E-state index contributed by atoms with van der Waals surface area (Å²) in [5, 5.41) is 21.3. The number of phenols is 1. The average molecular weight is 327 g/mol. The molecule has 2 aromatic carbocycles. The van der Waals surface area contributed by atoms with E-state index in [0.29, 0.717) is 11.3 Å². The summed E-state index contributed by atoms with van der Waals surface area (Å²) in [6, 6.07) is 9.87. The summed E-state index contributed by atoms with van der Waals surface area (Å²) in [5.74, 6) is -1.26. The lowest BCUT2D eigenvalue weighted by atomic mass is 10.1. The summed E-state index contributed by atoms with van der Waals surface area (Å²) in [6.45, 7) is 1.56. The van der Waals surface area contributed by atoms with Crippen LogP contribution < -0.4 is 10.1 Å². The molecule has 2 rings (SSSR count). The van der Waals surface area contributed by atoms with Gasteiger partial charge >= 0.3 is 5.97 Å². The molecule has 0 bridgehead atoms. The molecule has 0 aliphatic carbocycles.